The molecule has 2 N–H and O–H groups in total. The molecule has 8 heteroatoms. The molecule has 0 radical (unpaired) electrons. The van der Waals surface area contributed by atoms with Gasteiger partial charge in [-0.2, -0.15) is 0 Å². The average molecular weight is 532 g/mol. The second-order valence-corrected chi connectivity index (χ2v) is 11.5. The lowest BCUT2D eigenvalue weighted by molar-refractivity contribution is -0.216. The number of carbonyl (C=O) groups is 2. The van der Waals surface area contributed by atoms with Crippen molar-refractivity contribution in [2.75, 3.05) is 38.7 Å². The molecular formula is C31H37N3O5. The first-order valence-corrected chi connectivity index (χ1v) is 13.8. The molecule has 6 rings (SSSR count). The van der Waals surface area contributed by atoms with Crippen LogP contribution in [0.25, 0.3) is 0 Å². The van der Waals surface area contributed by atoms with Crippen LogP contribution in [-0.4, -0.2) is 79.5 Å². The number of methoxy groups -OCH3 is 1. The van der Waals surface area contributed by atoms with E-state index < -0.39 is 34.5 Å². The normalized spacial score (nSPS) is 34.2. The first-order valence-electron chi connectivity index (χ1n) is 13.8. The number of carbonyl (C=O) groups excluding carboxylic acids is 2. The SMILES string of the molecule is CC[C@]12C=CCN3CC[C@@]4(c5ccc(OC)cc5N(C)[C@H]4C(O)(CNC(=O)c4ccccc4)[C@@H]1OC(C)=O)C32. The Morgan fingerprint density at radius 2 is 1.92 bits per heavy atom. The van der Waals surface area contributed by atoms with E-state index in [1.807, 2.05) is 37.4 Å². The molecule has 1 saturated heterocycles. The van der Waals surface area contributed by atoms with Gasteiger partial charge in [0.1, 0.15) is 17.5 Å². The summed E-state index contributed by atoms with van der Waals surface area (Å²) in [6, 6.07) is 14.7. The summed E-state index contributed by atoms with van der Waals surface area (Å²) in [4.78, 5) is 30.5. The molecule has 2 aromatic carbocycles. The van der Waals surface area contributed by atoms with Crippen LogP contribution in [0, 0.1) is 5.41 Å². The Labute approximate surface area is 229 Å². The predicted octanol–water partition coefficient (Wildman–Crippen LogP) is 2.90. The molecular weight excluding hydrogens is 494 g/mol. The van der Waals surface area contributed by atoms with Crippen LogP contribution in [-0.2, 0) is 14.9 Å². The fourth-order valence-corrected chi connectivity index (χ4v) is 8.56. The summed E-state index contributed by atoms with van der Waals surface area (Å²) in [7, 11) is 3.65. The van der Waals surface area contributed by atoms with Crippen molar-refractivity contribution in [3.63, 3.8) is 0 Å². The second-order valence-electron chi connectivity index (χ2n) is 11.5. The van der Waals surface area contributed by atoms with Gasteiger partial charge < -0.3 is 24.8 Å². The molecule has 0 aromatic heterocycles. The number of hydrogen-bond acceptors (Lipinski definition) is 7. The molecule has 2 unspecified atom stereocenters. The van der Waals surface area contributed by atoms with Gasteiger partial charge in [0.15, 0.2) is 0 Å². The van der Waals surface area contributed by atoms with Crippen LogP contribution in [0.15, 0.2) is 60.7 Å². The van der Waals surface area contributed by atoms with Crippen molar-refractivity contribution in [1.82, 2.24) is 10.2 Å². The van der Waals surface area contributed by atoms with Crippen molar-refractivity contribution in [2.24, 2.45) is 5.41 Å². The minimum absolute atomic E-state index is 0.0107. The topological polar surface area (TPSA) is 91.3 Å². The number of hydrogen-bond donors (Lipinski definition) is 2. The molecule has 1 amide bonds. The Kier molecular flexibility index (Phi) is 6.04. The van der Waals surface area contributed by atoms with E-state index in [1.54, 1.807) is 19.2 Å². The standard InChI is InChI=1S/C31H37N3O5/c1-5-29-14-9-16-34-17-15-30(26(29)34)23-13-12-22(38-4)18-24(23)33(3)27(30)31(37,28(29)39-20(2)35)19-32-25(36)21-10-7-6-8-11-21/h6-14,18,26-28,37H,5,15-17,19H2,1-4H3,(H,32,36)/t26?,27-,28-,29-,30-,31?/m1/s1. The van der Waals surface area contributed by atoms with E-state index >= 15 is 0 Å². The fraction of sp³-hybridized carbons (Fsp3) is 0.484. The summed E-state index contributed by atoms with van der Waals surface area (Å²) in [5.41, 5.74) is -0.00831. The molecule has 1 saturated carbocycles. The van der Waals surface area contributed by atoms with Crippen LogP contribution >= 0.6 is 0 Å². The van der Waals surface area contributed by atoms with Gasteiger partial charge in [-0.25, -0.2) is 0 Å². The molecule has 2 fully saturated rings. The third-order valence-electron chi connectivity index (χ3n) is 9.78. The van der Waals surface area contributed by atoms with E-state index in [4.69, 9.17) is 9.47 Å². The second kappa shape index (κ2) is 9.10. The summed E-state index contributed by atoms with van der Waals surface area (Å²) >= 11 is 0. The quantitative estimate of drug-likeness (QED) is 0.438. The van der Waals surface area contributed by atoms with Crippen LogP contribution in [0.3, 0.4) is 0 Å². The molecule has 4 aliphatic rings. The lowest BCUT2D eigenvalue weighted by Gasteiger charge is -2.64. The number of benzene rings is 2. The third kappa shape index (κ3) is 3.44. The Bertz CT molecular complexity index is 1330. The molecule has 0 bridgehead atoms. The van der Waals surface area contributed by atoms with Gasteiger partial charge in [0, 0.05) is 54.7 Å². The number of amides is 1. The summed E-state index contributed by atoms with van der Waals surface area (Å²) in [5.74, 6) is 0.0177. The van der Waals surface area contributed by atoms with Crippen LogP contribution in [0.2, 0.25) is 0 Å². The Hall–Kier alpha value is -3.36. The lowest BCUT2D eigenvalue weighted by atomic mass is 9.47. The molecule has 39 heavy (non-hydrogen) atoms. The maximum atomic E-state index is 13.2. The van der Waals surface area contributed by atoms with Crippen molar-refractivity contribution >= 4 is 17.6 Å². The highest BCUT2D eigenvalue weighted by Crippen LogP contribution is 2.67. The third-order valence-corrected chi connectivity index (χ3v) is 9.78. The van der Waals surface area contributed by atoms with Crippen LogP contribution in [0.1, 0.15) is 42.6 Å². The minimum atomic E-state index is -1.60. The Balaban J connectivity index is 1.55. The maximum absolute atomic E-state index is 13.2. The number of anilines is 1. The summed E-state index contributed by atoms with van der Waals surface area (Å²) in [6.07, 6.45) is 4.96. The molecule has 3 aliphatic heterocycles. The van der Waals surface area contributed by atoms with Gasteiger partial charge in [-0.3, -0.25) is 14.5 Å². The van der Waals surface area contributed by atoms with Gasteiger partial charge >= 0.3 is 5.97 Å². The number of aliphatic hydroxyl groups is 1. The minimum Gasteiger partial charge on any atom is -0.497 e. The molecule has 6 atom stereocenters. The van der Waals surface area contributed by atoms with Gasteiger partial charge in [0.25, 0.3) is 5.91 Å². The van der Waals surface area contributed by atoms with Crippen molar-refractivity contribution in [3.8, 4) is 5.75 Å². The monoisotopic (exact) mass is 531 g/mol. The molecule has 2 aromatic rings. The highest BCUT2D eigenvalue weighted by molar-refractivity contribution is 5.94. The molecule has 8 nitrogen and oxygen atoms in total. The zero-order chi connectivity index (χ0) is 27.6. The number of fused-ring (bicyclic) bond motifs is 1. The van der Waals surface area contributed by atoms with Gasteiger partial charge in [-0.05, 0) is 43.1 Å². The first-order chi connectivity index (χ1) is 18.7. The highest BCUT2D eigenvalue weighted by Gasteiger charge is 2.77. The zero-order valence-corrected chi connectivity index (χ0v) is 23.0. The summed E-state index contributed by atoms with van der Waals surface area (Å²) < 4.78 is 11.7. The Morgan fingerprint density at radius 1 is 1.15 bits per heavy atom. The van der Waals surface area contributed by atoms with Gasteiger partial charge in [0.05, 0.1) is 19.7 Å². The zero-order valence-electron chi connectivity index (χ0n) is 23.0. The van der Waals surface area contributed by atoms with Crippen LogP contribution < -0.4 is 15.0 Å². The first kappa shape index (κ1) is 25.9. The number of rotatable bonds is 6. The van der Waals surface area contributed by atoms with Gasteiger partial charge in [0.2, 0.25) is 0 Å². The number of esters is 1. The largest absolute Gasteiger partial charge is 0.497 e. The number of likely N-dealkylation sites (N-methyl/N-ethyl adjacent to an activating group) is 1. The number of nitrogens with zero attached hydrogens (tertiary/aromatic N) is 2. The summed E-state index contributed by atoms with van der Waals surface area (Å²) in [5, 5.41) is 16.1. The molecule has 1 aliphatic carbocycles. The number of nitrogens with one attached hydrogen (secondary N) is 1. The predicted molar refractivity (Wildman–Crippen MR) is 148 cm³/mol. The fourth-order valence-electron chi connectivity index (χ4n) is 8.56. The van der Waals surface area contributed by atoms with Crippen LogP contribution in [0.5, 0.6) is 5.75 Å². The smallest absolute Gasteiger partial charge is 0.303 e. The van der Waals surface area contributed by atoms with E-state index in [0.717, 1.165) is 30.9 Å². The van der Waals surface area contributed by atoms with E-state index in [-0.39, 0.29) is 18.5 Å². The van der Waals surface area contributed by atoms with Crippen LogP contribution in [0.4, 0.5) is 5.69 Å². The van der Waals surface area contributed by atoms with E-state index in [0.29, 0.717) is 12.0 Å². The van der Waals surface area contributed by atoms with Crippen molar-refractivity contribution in [3.05, 3.63) is 71.8 Å². The average Bonchev–Trinajstić information content (AvgIpc) is 3.46. The van der Waals surface area contributed by atoms with Crippen molar-refractivity contribution in [1.29, 1.82) is 0 Å². The summed E-state index contributed by atoms with van der Waals surface area (Å²) in [6.45, 7) is 5.11. The van der Waals surface area contributed by atoms with E-state index in [1.165, 1.54) is 12.5 Å². The highest BCUT2D eigenvalue weighted by atomic mass is 16.6. The van der Waals surface area contributed by atoms with Crippen molar-refractivity contribution in [2.45, 2.75) is 55.9 Å². The van der Waals surface area contributed by atoms with Crippen molar-refractivity contribution < 1.29 is 24.2 Å². The van der Waals surface area contributed by atoms with E-state index in [9.17, 15) is 14.7 Å². The Morgan fingerprint density at radius 3 is 2.62 bits per heavy atom. The lowest BCUT2D eigenvalue weighted by Crippen LogP contribution is -2.81. The van der Waals surface area contributed by atoms with Gasteiger partial charge in [-0.15, -0.1) is 0 Å². The van der Waals surface area contributed by atoms with E-state index in [2.05, 4.69) is 40.3 Å². The molecule has 206 valence electrons. The maximum Gasteiger partial charge on any atom is 0.303 e. The number of ether oxygens (including phenoxy) is 2. The molecule has 3 heterocycles. The van der Waals surface area contributed by atoms with Gasteiger partial charge in [-0.1, -0.05) is 43.3 Å². The molecule has 1 spiro atoms.